The van der Waals surface area contributed by atoms with Gasteiger partial charge < -0.3 is 9.67 Å². The molecule has 0 amide bonds. The molecule has 2 aromatic heterocycles. The fraction of sp³-hybridized carbons (Fsp3) is 0.417. The molecule has 0 saturated carbocycles. The minimum atomic E-state index is -3.60. The lowest BCUT2D eigenvalue weighted by Crippen LogP contribution is -2.23. The van der Waals surface area contributed by atoms with E-state index in [-0.39, 0.29) is 18.0 Å². The second-order valence-corrected chi connectivity index (χ2v) is 6.44. The number of hydrogen-bond donors (Lipinski definition) is 2. The molecule has 2 rings (SSSR count). The maximum atomic E-state index is 12.2. The smallest absolute Gasteiger partial charge is 0.242 e. The molecule has 0 fully saturated rings. The second kappa shape index (κ2) is 5.39. The van der Waals surface area contributed by atoms with E-state index in [9.17, 15) is 8.42 Å². The molecule has 0 bridgehead atoms. The Morgan fingerprint density at radius 3 is 2.55 bits per heavy atom. The van der Waals surface area contributed by atoms with Gasteiger partial charge in [0.15, 0.2) is 0 Å². The van der Waals surface area contributed by atoms with Crippen LogP contribution in [0.15, 0.2) is 23.4 Å². The van der Waals surface area contributed by atoms with E-state index >= 15 is 0 Å². The summed E-state index contributed by atoms with van der Waals surface area (Å²) in [5.41, 5.74) is 2.16. The van der Waals surface area contributed by atoms with Crippen molar-refractivity contribution >= 4 is 10.0 Å². The minimum absolute atomic E-state index is 0.144. The van der Waals surface area contributed by atoms with Crippen molar-refractivity contribution in [2.24, 2.45) is 14.1 Å². The molecular formula is C12H18N4O3S. The van der Waals surface area contributed by atoms with Crippen LogP contribution in [-0.2, 0) is 37.3 Å². The van der Waals surface area contributed by atoms with E-state index in [1.165, 1.54) is 12.3 Å². The summed E-state index contributed by atoms with van der Waals surface area (Å²) < 4.78 is 30.1. The van der Waals surface area contributed by atoms with Crippen LogP contribution in [0.3, 0.4) is 0 Å². The lowest BCUT2D eigenvalue weighted by molar-refractivity contribution is 0.272. The van der Waals surface area contributed by atoms with E-state index in [0.717, 1.165) is 11.3 Å². The van der Waals surface area contributed by atoms with Gasteiger partial charge >= 0.3 is 0 Å². The molecule has 2 aromatic rings. The molecule has 0 saturated heterocycles. The number of nitrogens with zero attached hydrogens (tertiary/aromatic N) is 3. The molecule has 0 atom stereocenters. The van der Waals surface area contributed by atoms with E-state index < -0.39 is 10.0 Å². The molecule has 2 N–H and O–H groups in total. The molecule has 2 heterocycles. The van der Waals surface area contributed by atoms with Crippen molar-refractivity contribution < 1.29 is 13.5 Å². The predicted molar refractivity (Wildman–Crippen MR) is 73.3 cm³/mol. The van der Waals surface area contributed by atoms with Crippen LogP contribution in [0.4, 0.5) is 0 Å². The van der Waals surface area contributed by atoms with Crippen LogP contribution >= 0.6 is 0 Å². The first kappa shape index (κ1) is 14.8. The number of sulfonamides is 1. The molecule has 0 aliphatic rings. The van der Waals surface area contributed by atoms with Crippen molar-refractivity contribution in [1.82, 2.24) is 19.1 Å². The Morgan fingerprint density at radius 1 is 1.35 bits per heavy atom. The van der Waals surface area contributed by atoms with Gasteiger partial charge in [-0.2, -0.15) is 5.10 Å². The van der Waals surface area contributed by atoms with Gasteiger partial charge in [0.05, 0.1) is 17.2 Å². The third kappa shape index (κ3) is 2.92. The Morgan fingerprint density at radius 2 is 2.05 bits per heavy atom. The Kier molecular flexibility index (Phi) is 3.98. The van der Waals surface area contributed by atoms with Crippen LogP contribution in [0, 0.1) is 6.92 Å². The van der Waals surface area contributed by atoms with Crippen molar-refractivity contribution in [3.8, 4) is 0 Å². The van der Waals surface area contributed by atoms with Gasteiger partial charge in [0.2, 0.25) is 10.0 Å². The number of nitrogens with one attached hydrogen (secondary N) is 1. The summed E-state index contributed by atoms with van der Waals surface area (Å²) in [6, 6.07) is 1.46. The molecular weight excluding hydrogens is 280 g/mol. The highest BCUT2D eigenvalue weighted by molar-refractivity contribution is 7.89. The van der Waals surface area contributed by atoms with Gasteiger partial charge in [-0.25, -0.2) is 13.1 Å². The minimum Gasteiger partial charge on any atom is -0.390 e. The second-order valence-electron chi connectivity index (χ2n) is 4.67. The fourth-order valence-corrected chi connectivity index (χ4v) is 3.06. The fourth-order valence-electron chi connectivity index (χ4n) is 1.96. The van der Waals surface area contributed by atoms with Crippen LogP contribution in [0.5, 0.6) is 0 Å². The number of aliphatic hydroxyl groups excluding tert-OH is 1. The molecule has 7 nitrogen and oxygen atoms in total. The Labute approximate surface area is 117 Å². The summed E-state index contributed by atoms with van der Waals surface area (Å²) in [6.07, 6.45) is 3.26. The number of aliphatic hydroxyl groups is 1. The third-order valence-electron chi connectivity index (χ3n) is 3.12. The highest BCUT2D eigenvalue weighted by Gasteiger charge is 2.18. The van der Waals surface area contributed by atoms with Gasteiger partial charge in [-0.3, -0.25) is 4.68 Å². The Bertz CT molecular complexity index is 715. The first-order valence-electron chi connectivity index (χ1n) is 6.08. The van der Waals surface area contributed by atoms with Crippen LogP contribution < -0.4 is 4.72 Å². The van der Waals surface area contributed by atoms with Crippen molar-refractivity contribution in [3.63, 3.8) is 0 Å². The van der Waals surface area contributed by atoms with Gasteiger partial charge in [0.25, 0.3) is 0 Å². The van der Waals surface area contributed by atoms with Crippen LogP contribution in [0.2, 0.25) is 0 Å². The zero-order chi connectivity index (χ0) is 14.9. The van der Waals surface area contributed by atoms with E-state index in [0.29, 0.717) is 5.69 Å². The number of hydrogen-bond acceptors (Lipinski definition) is 4. The quantitative estimate of drug-likeness (QED) is 0.815. The summed E-state index contributed by atoms with van der Waals surface area (Å²) in [7, 11) is -0.119. The van der Waals surface area contributed by atoms with Gasteiger partial charge in [0, 0.05) is 44.3 Å². The van der Waals surface area contributed by atoms with Crippen LogP contribution in [0.25, 0.3) is 0 Å². The van der Waals surface area contributed by atoms with Crippen molar-refractivity contribution in [3.05, 3.63) is 35.4 Å². The summed E-state index contributed by atoms with van der Waals surface area (Å²) in [4.78, 5) is 0.144. The molecule has 20 heavy (non-hydrogen) atoms. The van der Waals surface area contributed by atoms with E-state index in [1.54, 1.807) is 29.5 Å². The average Bonchev–Trinajstić information content (AvgIpc) is 2.90. The normalized spacial score (nSPS) is 12.0. The summed E-state index contributed by atoms with van der Waals surface area (Å²) in [5.74, 6) is 0. The highest BCUT2D eigenvalue weighted by Crippen LogP contribution is 2.14. The predicted octanol–water partition coefficient (Wildman–Crippen LogP) is 0.0378. The van der Waals surface area contributed by atoms with Gasteiger partial charge in [-0.15, -0.1) is 0 Å². The van der Waals surface area contributed by atoms with Gasteiger partial charge in [-0.1, -0.05) is 0 Å². The maximum absolute atomic E-state index is 12.2. The number of aryl methyl sites for hydroxylation is 3. The topological polar surface area (TPSA) is 89.2 Å². The van der Waals surface area contributed by atoms with E-state index in [4.69, 9.17) is 5.11 Å². The largest absolute Gasteiger partial charge is 0.390 e. The molecule has 8 heteroatoms. The standard InChI is InChI=1S/C12H18N4O3S/c1-9-10(6-16(3)14-9)5-13-20(18,19)12-4-11(8-17)15(2)7-12/h4,6-7,13,17H,5,8H2,1-3H3. The highest BCUT2D eigenvalue weighted by atomic mass is 32.2. The SMILES string of the molecule is Cc1nn(C)cc1CNS(=O)(=O)c1cc(CO)n(C)c1. The monoisotopic (exact) mass is 298 g/mol. The first-order valence-corrected chi connectivity index (χ1v) is 7.56. The molecule has 0 aliphatic heterocycles. The zero-order valence-corrected chi connectivity index (χ0v) is 12.5. The first-order chi connectivity index (χ1) is 9.33. The van der Waals surface area contributed by atoms with Crippen LogP contribution in [-0.4, -0.2) is 27.9 Å². The van der Waals surface area contributed by atoms with Crippen molar-refractivity contribution in [2.45, 2.75) is 25.0 Å². The molecule has 110 valence electrons. The molecule has 0 spiro atoms. The van der Waals surface area contributed by atoms with Crippen LogP contribution in [0.1, 0.15) is 17.0 Å². The zero-order valence-electron chi connectivity index (χ0n) is 11.7. The Balaban J connectivity index is 2.16. The van der Waals surface area contributed by atoms with Crippen molar-refractivity contribution in [2.75, 3.05) is 0 Å². The molecule has 0 radical (unpaired) electrons. The summed E-state index contributed by atoms with van der Waals surface area (Å²) in [5, 5.41) is 13.3. The lowest BCUT2D eigenvalue weighted by Gasteiger charge is -2.03. The maximum Gasteiger partial charge on any atom is 0.242 e. The van der Waals surface area contributed by atoms with Gasteiger partial charge in [-0.05, 0) is 13.0 Å². The average molecular weight is 298 g/mol. The summed E-state index contributed by atoms with van der Waals surface area (Å²) in [6.45, 7) is 1.81. The molecule has 0 aliphatic carbocycles. The number of aromatic nitrogens is 3. The third-order valence-corrected chi connectivity index (χ3v) is 4.49. The molecule has 0 aromatic carbocycles. The van der Waals surface area contributed by atoms with Crippen molar-refractivity contribution in [1.29, 1.82) is 0 Å². The lowest BCUT2D eigenvalue weighted by atomic mass is 10.3. The summed E-state index contributed by atoms with van der Waals surface area (Å²) >= 11 is 0. The molecule has 0 unspecified atom stereocenters. The van der Waals surface area contributed by atoms with Gasteiger partial charge in [0.1, 0.15) is 0 Å². The van der Waals surface area contributed by atoms with E-state index in [2.05, 4.69) is 9.82 Å². The number of rotatable bonds is 5. The Hall–Kier alpha value is -1.64. The van der Waals surface area contributed by atoms with E-state index in [1.807, 2.05) is 6.92 Å².